The van der Waals surface area contributed by atoms with Gasteiger partial charge in [-0.15, -0.1) is 6.58 Å². The summed E-state index contributed by atoms with van der Waals surface area (Å²) < 4.78 is 10.8. The molecule has 0 aromatic heterocycles. The number of rotatable bonds is 8. The van der Waals surface area contributed by atoms with Crippen molar-refractivity contribution in [3.05, 3.63) is 66.7 Å². The zero-order valence-electron chi connectivity index (χ0n) is 14.8. The molecule has 0 radical (unpaired) electrons. The molecule has 0 saturated carbocycles. The maximum Gasteiger partial charge on any atom is 0.265 e. The molecule has 0 heterocycles. The highest BCUT2D eigenvalue weighted by Crippen LogP contribution is 2.21. The molecule has 0 fully saturated rings. The maximum atomic E-state index is 12.4. The summed E-state index contributed by atoms with van der Waals surface area (Å²) >= 11 is 0. The Morgan fingerprint density at radius 3 is 2.62 bits per heavy atom. The van der Waals surface area contributed by atoms with Gasteiger partial charge in [0.25, 0.3) is 11.8 Å². The molecule has 2 amide bonds. The van der Waals surface area contributed by atoms with E-state index in [-0.39, 0.29) is 11.8 Å². The molecule has 0 spiro atoms. The Morgan fingerprint density at radius 1 is 1.15 bits per heavy atom. The number of carbonyl (C=O) groups is 2. The van der Waals surface area contributed by atoms with Crippen LogP contribution >= 0.6 is 0 Å². The highest BCUT2D eigenvalue weighted by Gasteiger charge is 2.18. The van der Waals surface area contributed by atoms with Gasteiger partial charge in [0.05, 0.1) is 18.4 Å². The van der Waals surface area contributed by atoms with E-state index in [0.717, 1.165) is 0 Å². The molecule has 0 saturated heterocycles. The van der Waals surface area contributed by atoms with Gasteiger partial charge in [-0.1, -0.05) is 24.3 Å². The second kappa shape index (κ2) is 9.27. The first-order chi connectivity index (χ1) is 12.5. The standard InChI is InChI=1S/C20H22N2O4/c1-4-12-21-20(24)17-10-5-6-11-18(17)22-19(23)14(2)26-16-9-7-8-15(13-16)25-3/h4-11,13-14H,1,12H2,2-3H3,(H,21,24)(H,22,23)/t14-/m0/s1. The van der Waals surface area contributed by atoms with Crippen molar-refractivity contribution in [1.82, 2.24) is 5.32 Å². The molecule has 0 aliphatic rings. The Balaban J connectivity index is 2.06. The van der Waals surface area contributed by atoms with Crippen LogP contribution in [0.1, 0.15) is 17.3 Å². The largest absolute Gasteiger partial charge is 0.497 e. The van der Waals surface area contributed by atoms with Crippen molar-refractivity contribution < 1.29 is 19.1 Å². The van der Waals surface area contributed by atoms with Crippen LogP contribution in [-0.4, -0.2) is 31.6 Å². The van der Waals surface area contributed by atoms with Gasteiger partial charge in [0.2, 0.25) is 0 Å². The molecular formula is C20H22N2O4. The molecule has 2 rings (SSSR count). The van der Waals surface area contributed by atoms with Gasteiger partial charge in [-0.3, -0.25) is 9.59 Å². The molecule has 0 unspecified atom stereocenters. The molecule has 6 heteroatoms. The minimum Gasteiger partial charge on any atom is -0.497 e. The van der Waals surface area contributed by atoms with E-state index in [9.17, 15) is 9.59 Å². The van der Waals surface area contributed by atoms with Gasteiger partial charge in [-0.25, -0.2) is 0 Å². The number of hydrogen-bond acceptors (Lipinski definition) is 4. The lowest BCUT2D eigenvalue weighted by atomic mass is 10.1. The molecule has 0 bridgehead atoms. The van der Waals surface area contributed by atoms with Crippen LogP contribution in [0.5, 0.6) is 11.5 Å². The number of benzene rings is 2. The third-order valence-corrected chi connectivity index (χ3v) is 3.56. The monoisotopic (exact) mass is 354 g/mol. The lowest BCUT2D eigenvalue weighted by molar-refractivity contribution is -0.122. The molecule has 2 aromatic rings. The number of para-hydroxylation sites is 1. The van der Waals surface area contributed by atoms with E-state index in [1.54, 1.807) is 68.6 Å². The quantitative estimate of drug-likeness (QED) is 0.715. The number of amides is 2. The highest BCUT2D eigenvalue weighted by atomic mass is 16.5. The Hall–Kier alpha value is -3.28. The van der Waals surface area contributed by atoms with Crippen molar-refractivity contribution in [2.45, 2.75) is 13.0 Å². The summed E-state index contributed by atoms with van der Waals surface area (Å²) in [5, 5.41) is 5.43. The number of ether oxygens (including phenoxy) is 2. The molecule has 1 atom stereocenters. The van der Waals surface area contributed by atoms with E-state index in [2.05, 4.69) is 17.2 Å². The molecule has 0 aliphatic heterocycles. The summed E-state index contributed by atoms with van der Waals surface area (Å²) in [6.07, 6.45) is 0.828. The number of anilines is 1. The number of hydrogen-bond donors (Lipinski definition) is 2. The van der Waals surface area contributed by atoms with Crippen LogP contribution in [0, 0.1) is 0 Å². The van der Waals surface area contributed by atoms with Gasteiger partial charge >= 0.3 is 0 Å². The Bertz CT molecular complexity index is 789. The van der Waals surface area contributed by atoms with E-state index >= 15 is 0 Å². The van der Waals surface area contributed by atoms with Crippen LogP contribution in [-0.2, 0) is 4.79 Å². The fourth-order valence-electron chi connectivity index (χ4n) is 2.22. The average Bonchev–Trinajstić information content (AvgIpc) is 2.66. The van der Waals surface area contributed by atoms with Gasteiger partial charge in [0.1, 0.15) is 11.5 Å². The first kappa shape index (κ1) is 19.1. The maximum absolute atomic E-state index is 12.4. The highest BCUT2D eigenvalue weighted by molar-refractivity contribution is 6.04. The van der Waals surface area contributed by atoms with Crippen molar-refractivity contribution in [1.29, 1.82) is 0 Å². The van der Waals surface area contributed by atoms with E-state index < -0.39 is 6.10 Å². The minimum absolute atomic E-state index is 0.290. The summed E-state index contributed by atoms with van der Waals surface area (Å²) in [5.41, 5.74) is 0.788. The van der Waals surface area contributed by atoms with Crippen LogP contribution in [0.3, 0.4) is 0 Å². The second-order valence-corrected chi connectivity index (χ2v) is 5.47. The topological polar surface area (TPSA) is 76.7 Å². The van der Waals surface area contributed by atoms with Crippen LogP contribution < -0.4 is 20.1 Å². The zero-order chi connectivity index (χ0) is 18.9. The summed E-state index contributed by atoms with van der Waals surface area (Å²) in [7, 11) is 1.56. The smallest absolute Gasteiger partial charge is 0.265 e. The predicted octanol–water partition coefficient (Wildman–Crippen LogP) is 3.02. The molecule has 136 valence electrons. The number of carbonyl (C=O) groups excluding carboxylic acids is 2. The summed E-state index contributed by atoms with van der Waals surface area (Å²) in [5.74, 6) is 0.502. The lowest BCUT2D eigenvalue weighted by Crippen LogP contribution is -2.31. The van der Waals surface area contributed by atoms with E-state index in [4.69, 9.17) is 9.47 Å². The van der Waals surface area contributed by atoms with Crippen molar-refractivity contribution >= 4 is 17.5 Å². The van der Waals surface area contributed by atoms with Crippen LogP contribution in [0.2, 0.25) is 0 Å². The van der Waals surface area contributed by atoms with Crippen molar-refractivity contribution in [3.8, 4) is 11.5 Å². The van der Waals surface area contributed by atoms with Crippen molar-refractivity contribution in [2.75, 3.05) is 19.0 Å². The van der Waals surface area contributed by atoms with Gasteiger partial charge < -0.3 is 20.1 Å². The third-order valence-electron chi connectivity index (χ3n) is 3.56. The molecule has 6 nitrogen and oxygen atoms in total. The van der Waals surface area contributed by atoms with Gasteiger partial charge in [0, 0.05) is 12.6 Å². The number of methoxy groups -OCH3 is 1. The summed E-state index contributed by atoms with van der Waals surface area (Å²) in [6.45, 7) is 5.54. The molecule has 26 heavy (non-hydrogen) atoms. The van der Waals surface area contributed by atoms with Gasteiger partial charge in [0.15, 0.2) is 6.10 Å². The van der Waals surface area contributed by atoms with Crippen LogP contribution in [0.15, 0.2) is 61.2 Å². The van der Waals surface area contributed by atoms with E-state index in [0.29, 0.717) is 29.3 Å². The lowest BCUT2D eigenvalue weighted by Gasteiger charge is -2.16. The fraction of sp³-hybridized carbons (Fsp3) is 0.200. The third kappa shape index (κ3) is 5.11. The van der Waals surface area contributed by atoms with Crippen molar-refractivity contribution in [3.63, 3.8) is 0 Å². The Labute approximate surface area is 152 Å². The van der Waals surface area contributed by atoms with Crippen molar-refractivity contribution in [2.24, 2.45) is 0 Å². The Kier molecular flexibility index (Phi) is 6.79. The normalized spacial score (nSPS) is 11.2. The minimum atomic E-state index is -0.758. The molecule has 0 aliphatic carbocycles. The SMILES string of the molecule is C=CCNC(=O)c1ccccc1NC(=O)[C@H](C)Oc1cccc(OC)c1. The number of nitrogens with one attached hydrogen (secondary N) is 2. The summed E-state index contributed by atoms with van der Waals surface area (Å²) in [4.78, 5) is 24.6. The van der Waals surface area contributed by atoms with E-state index in [1.165, 1.54) is 0 Å². The predicted molar refractivity (Wildman–Crippen MR) is 101 cm³/mol. The molecular weight excluding hydrogens is 332 g/mol. The zero-order valence-corrected chi connectivity index (χ0v) is 14.8. The Morgan fingerprint density at radius 2 is 1.88 bits per heavy atom. The average molecular weight is 354 g/mol. The van der Waals surface area contributed by atoms with Crippen LogP contribution in [0.25, 0.3) is 0 Å². The van der Waals surface area contributed by atoms with Gasteiger partial charge in [-0.05, 0) is 31.2 Å². The first-order valence-electron chi connectivity index (χ1n) is 8.15. The molecule has 2 aromatic carbocycles. The second-order valence-electron chi connectivity index (χ2n) is 5.47. The summed E-state index contributed by atoms with van der Waals surface area (Å²) in [6, 6.07) is 13.8. The fourth-order valence-corrected chi connectivity index (χ4v) is 2.22. The van der Waals surface area contributed by atoms with Crippen LogP contribution in [0.4, 0.5) is 5.69 Å². The molecule has 2 N–H and O–H groups in total. The first-order valence-corrected chi connectivity index (χ1v) is 8.15. The van der Waals surface area contributed by atoms with E-state index in [1.807, 2.05) is 0 Å². The van der Waals surface area contributed by atoms with Gasteiger partial charge in [-0.2, -0.15) is 0 Å².